The molecule has 2 N–H and O–H groups in total. The van der Waals surface area contributed by atoms with Gasteiger partial charge in [0.05, 0.1) is 5.56 Å². The maximum absolute atomic E-state index is 13.4. The first-order valence-electron chi connectivity index (χ1n) is 9.93. The van der Waals surface area contributed by atoms with E-state index in [1.165, 1.54) is 0 Å². The number of pyridine rings is 1. The third-order valence-corrected chi connectivity index (χ3v) is 5.26. The van der Waals surface area contributed by atoms with Crippen molar-refractivity contribution in [1.29, 1.82) is 5.26 Å². The van der Waals surface area contributed by atoms with Crippen LogP contribution < -0.4 is 5.73 Å². The molecule has 0 saturated carbocycles. The minimum atomic E-state index is -0.483. The van der Waals surface area contributed by atoms with Gasteiger partial charge in [0.15, 0.2) is 0 Å². The molecule has 0 bridgehead atoms. The van der Waals surface area contributed by atoms with Crippen molar-refractivity contribution in [3.05, 3.63) is 47.7 Å². The number of benzene rings is 1. The standard InChI is InChI=1S/C23H27N5O2/c1-23(2,3)12-19-22(30)27(4)8-9-28(19)21(29)16-7-5-6-15(10-16)18-11-17(13-24)20(25)26-14-18/h5-7,10-11,14,19H,8-9,12H2,1-4H3,(H2,25,26). The first-order chi connectivity index (χ1) is 14.1. The molecule has 1 atom stereocenters. The number of nitrogens with zero attached hydrogens (tertiary/aromatic N) is 4. The summed E-state index contributed by atoms with van der Waals surface area (Å²) in [7, 11) is 1.78. The minimum Gasteiger partial charge on any atom is -0.383 e. The van der Waals surface area contributed by atoms with Gasteiger partial charge in [-0.25, -0.2) is 4.98 Å². The summed E-state index contributed by atoms with van der Waals surface area (Å²) >= 11 is 0. The summed E-state index contributed by atoms with van der Waals surface area (Å²) in [6.45, 7) is 7.21. The second-order valence-electron chi connectivity index (χ2n) is 8.89. The number of nitrogens with two attached hydrogens (primary N) is 1. The molecule has 1 aliphatic rings. The molecule has 0 aliphatic carbocycles. The molecule has 1 saturated heterocycles. The van der Waals surface area contributed by atoms with E-state index in [-0.39, 0.29) is 23.0 Å². The lowest BCUT2D eigenvalue weighted by atomic mass is 9.86. The number of aromatic nitrogens is 1. The van der Waals surface area contributed by atoms with E-state index >= 15 is 0 Å². The fourth-order valence-electron chi connectivity index (χ4n) is 3.65. The molecular formula is C23H27N5O2. The molecule has 1 fully saturated rings. The molecule has 0 radical (unpaired) electrons. The zero-order valence-electron chi connectivity index (χ0n) is 17.8. The normalized spacial score (nSPS) is 17.0. The van der Waals surface area contributed by atoms with Gasteiger partial charge in [-0.3, -0.25) is 9.59 Å². The van der Waals surface area contributed by atoms with Gasteiger partial charge in [-0.1, -0.05) is 32.9 Å². The lowest BCUT2D eigenvalue weighted by molar-refractivity contribution is -0.139. The van der Waals surface area contributed by atoms with Gasteiger partial charge in [-0.2, -0.15) is 5.26 Å². The van der Waals surface area contributed by atoms with Gasteiger partial charge < -0.3 is 15.5 Å². The first kappa shape index (κ1) is 21.3. The van der Waals surface area contributed by atoms with Gasteiger partial charge in [-0.15, -0.1) is 0 Å². The fraction of sp³-hybridized carbons (Fsp3) is 0.391. The van der Waals surface area contributed by atoms with E-state index in [2.05, 4.69) is 25.8 Å². The SMILES string of the molecule is CN1CCN(C(=O)c2cccc(-c3cnc(N)c(C#N)c3)c2)C(CC(C)(C)C)C1=O. The molecule has 0 spiro atoms. The van der Waals surface area contributed by atoms with Crippen LogP contribution in [0.4, 0.5) is 5.82 Å². The Hall–Kier alpha value is -3.40. The highest BCUT2D eigenvalue weighted by molar-refractivity contribution is 5.99. The van der Waals surface area contributed by atoms with Crippen LogP contribution in [0.25, 0.3) is 11.1 Å². The Morgan fingerprint density at radius 2 is 2.00 bits per heavy atom. The van der Waals surface area contributed by atoms with Crippen molar-refractivity contribution in [3.63, 3.8) is 0 Å². The maximum atomic E-state index is 13.4. The number of nitrogen functional groups attached to an aromatic ring is 1. The third-order valence-electron chi connectivity index (χ3n) is 5.26. The highest BCUT2D eigenvalue weighted by atomic mass is 16.2. The van der Waals surface area contributed by atoms with Gasteiger partial charge >= 0.3 is 0 Å². The average Bonchev–Trinajstić information content (AvgIpc) is 2.70. The Bertz CT molecular complexity index is 1020. The van der Waals surface area contributed by atoms with Gasteiger partial charge in [0.1, 0.15) is 17.9 Å². The molecule has 7 nitrogen and oxygen atoms in total. The van der Waals surface area contributed by atoms with E-state index in [0.29, 0.717) is 36.2 Å². The van der Waals surface area contributed by atoms with E-state index in [0.717, 1.165) is 5.56 Å². The van der Waals surface area contributed by atoms with Crippen LogP contribution in [0.2, 0.25) is 0 Å². The molecule has 2 heterocycles. The lowest BCUT2D eigenvalue weighted by Gasteiger charge is -2.41. The Labute approximate surface area is 177 Å². The van der Waals surface area contributed by atoms with Crippen molar-refractivity contribution in [2.75, 3.05) is 25.9 Å². The fourth-order valence-corrected chi connectivity index (χ4v) is 3.65. The molecule has 1 aromatic heterocycles. The van der Waals surface area contributed by atoms with E-state index in [9.17, 15) is 14.9 Å². The quantitative estimate of drug-likeness (QED) is 0.846. The largest absolute Gasteiger partial charge is 0.383 e. The van der Waals surface area contributed by atoms with Crippen molar-refractivity contribution >= 4 is 17.6 Å². The van der Waals surface area contributed by atoms with E-state index in [4.69, 9.17) is 5.73 Å². The third kappa shape index (κ3) is 4.43. The topological polar surface area (TPSA) is 103 Å². The van der Waals surface area contributed by atoms with Crippen molar-refractivity contribution < 1.29 is 9.59 Å². The molecule has 3 rings (SSSR count). The lowest BCUT2D eigenvalue weighted by Crippen LogP contribution is -2.58. The van der Waals surface area contributed by atoms with Crippen LogP contribution in [0.5, 0.6) is 0 Å². The van der Waals surface area contributed by atoms with E-state index < -0.39 is 6.04 Å². The van der Waals surface area contributed by atoms with Gasteiger partial charge in [0.25, 0.3) is 5.91 Å². The van der Waals surface area contributed by atoms with E-state index in [1.807, 2.05) is 12.1 Å². The summed E-state index contributed by atoms with van der Waals surface area (Å²) in [5.41, 5.74) is 7.87. The number of rotatable bonds is 3. The van der Waals surface area contributed by atoms with Crippen LogP contribution in [0.15, 0.2) is 36.5 Å². The van der Waals surface area contributed by atoms with Crippen LogP contribution >= 0.6 is 0 Å². The number of likely N-dealkylation sites (N-methyl/N-ethyl adjacent to an activating group) is 1. The van der Waals surface area contributed by atoms with Crippen molar-refractivity contribution in [1.82, 2.24) is 14.8 Å². The minimum absolute atomic E-state index is 0.0259. The van der Waals surface area contributed by atoms with Crippen molar-refractivity contribution in [2.45, 2.75) is 33.2 Å². The summed E-state index contributed by atoms with van der Waals surface area (Å²) < 4.78 is 0. The van der Waals surface area contributed by atoms with Gasteiger partial charge in [-0.05, 0) is 35.6 Å². The average molecular weight is 406 g/mol. The van der Waals surface area contributed by atoms with Crippen LogP contribution in [0.1, 0.15) is 43.1 Å². The monoisotopic (exact) mass is 405 g/mol. The number of carbonyl (C=O) groups is 2. The molecule has 2 amide bonds. The number of anilines is 1. The predicted molar refractivity (Wildman–Crippen MR) is 115 cm³/mol. The maximum Gasteiger partial charge on any atom is 0.254 e. The number of nitriles is 1. The summed E-state index contributed by atoms with van der Waals surface area (Å²) in [6.07, 6.45) is 2.18. The summed E-state index contributed by atoms with van der Waals surface area (Å²) in [5.74, 6) is -0.0204. The molecule has 1 aliphatic heterocycles. The van der Waals surface area contributed by atoms with Crippen LogP contribution in [0, 0.1) is 16.7 Å². The molecule has 156 valence electrons. The Balaban J connectivity index is 1.94. The Kier molecular flexibility index (Phi) is 5.79. The molecule has 7 heteroatoms. The Morgan fingerprint density at radius 3 is 2.67 bits per heavy atom. The van der Waals surface area contributed by atoms with Crippen molar-refractivity contribution in [2.24, 2.45) is 5.41 Å². The van der Waals surface area contributed by atoms with Crippen LogP contribution in [-0.2, 0) is 4.79 Å². The molecule has 30 heavy (non-hydrogen) atoms. The number of piperazine rings is 1. The molecule has 1 unspecified atom stereocenters. The molecule has 2 aromatic rings. The predicted octanol–water partition coefficient (Wildman–Crippen LogP) is 2.92. The second-order valence-corrected chi connectivity index (χ2v) is 8.89. The summed E-state index contributed by atoms with van der Waals surface area (Å²) in [6, 6.07) is 10.4. The van der Waals surface area contributed by atoms with Gasteiger partial charge in [0.2, 0.25) is 5.91 Å². The highest BCUT2D eigenvalue weighted by Crippen LogP contribution is 2.28. The first-order valence-corrected chi connectivity index (χ1v) is 9.93. The zero-order chi connectivity index (χ0) is 22.1. The summed E-state index contributed by atoms with van der Waals surface area (Å²) in [4.78, 5) is 33.7. The zero-order valence-corrected chi connectivity index (χ0v) is 17.8. The highest BCUT2D eigenvalue weighted by Gasteiger charge is 2.38. The number of amides is 2. The summed E-state index contributed by atoms with van der Waals surface area (Å²) in [5, 5.41) is 9.20. The molecular weight excluding hydrogens is 378 g/mol. The van der Waals surface area contributed by atoms with E-state index in [1.54, 1.807) is 47.3 Å². The number of carbonyl (C=O) groups excluding carboxylic acids is 2. The smallest absolute Gasteiger partial charge is 0.254 e. The number of hydrogen-bond acceptors (Lipinski definition) is 5. The van der Waals surface area contributed by atoms with Crippen LogP contribution in [0.3, 0.4) is 0 Å². The second kappa shape index (κ2) is 8.15. The Morgan fingerprint density at radius 1 is 1.27 bits per heavy atom. The molecule has 1 aromatic carbocycles. The van der Waals surface area contributed by atoms with Crippen LogP contribution in [-0.4, -0.2) is 52.8 Å². The van der Waals surface area contributed by atoms with Crippen molar-refractivity contribution in [3.8, 4) is 17.2 Å². The van der Waals surface area contributed by atoms with Gasteiger partial charge in [0, 0.05) is 37.5 Å². The number of hydrogen-bond donors (Lipinski definition) is 1.